The molecule has 1 aromatic carbocycles. The van der Waals surface area contributed by atoms with Crippen LogP contribution in [-0.4, -0.2) is 34.6 Å². The summed E-state index contributed by atoms with van der Waals surface area (Å²) in [7, 11) is -2.40. The summed E-state index contributed by atoms with van der Waals surface area (Å²) in [5, 5.41) is 7.80. The zero-order valence-corrected chi connectivity index (χ0v) is 12.5. The van der Waals surface area contributed by atoms with Crippen LogP contribution in [0, 0.1) is 5.92 Å². The number of anilines is 1. The number of rotatable bonds is 4. The second kappa shape index (κ2) is 6.42. The number of carbonyl (C=O) groups excluding carboxylic acids is 1. The van der Waals surface area contributed by atoms with Crippen molar-refractivity contribution < 1.29 is 22.7 Å². The highest BCUT2D eigenvalue weighted by molar-refractivity contribution is 7.89. The second-order valence-electron chi connectivity index (χ2n) is 4.78. The Kier molecular flexibility index (Phi) is 4.81. The molecule has 1 amide bonds. The normalized spacial score (nSPS) is 16.5. The summed E-state index contributed by atoms with van der Waals surface area (Å²) in [6.07, 6.45) is 1.28. The molecule has 0 spiro atoms. The molecule has 7 nitrogen and oxygen atoms in total. The molecule has 0 radical (unpaired) electrons. The Morgan fingerprint density at radius 2 is 2.05 bits per heavy atom. The third-order valence-electron chi connectivity index (χ3n) is 3.35. The number of carbonyl (C=O) groups is 1. The van der Waals surface area contributed by atoms with E-state index in [-0.39, 0.29) is 16.7 Å². The minimum Gasteiger partial charge on any atom is -0.495 e. The molecule has 8 heteroatoms. The maximum absolute atomic E-state index is 12.2. The van der Waals surface area contributed by atoms with Gasteiger partial charge in [0, 0.05) is 19.1 Å². The van der Waals surface area contributed by atoms with Crippen molar-refractivity contribution in [1.82, 2.24) is 0 Å². The summed E-state index contributed by atoms with van der Waals surface area (Å²) in [5.41, 5.74) is 0.292. The van der Waals surface area contributed by atoms with Gasteiger partial charge in [-0.25, -0.2) is 13.6 Å². The summed E-state index contributed by atoms with van der Waals surface area (Å²) in [4.78, 5) is 12.1. The minimum atomic E-state index is -3.84. The van der Waals surface area contributed by atoms with Crippen molar-refractivity contribution in [2.45, 2.75) is 17.7 Å². The molecular weight excluding hydrogens is 296 g/mol. The number of primary sulfonamides is 1. The molecule has 0 bridgehead atoms. The highest BCUT2D eigenvalue weighted by Gasteiger charge is 2.23. The van der Waals surface area contributed by atoms with Gasteiger partial charge in [0.25, 0.3) is 0 Å². The standard InChI is InChI=1S/C13H18N2O5S/c1-19-12-3-2-10(21(14,17)18)8-11(12)15-13(16)9-4-6-20-7-5-9/h2-3,8-9H,4-7H2,1H3,(H,15,16)(H2,14,17,18). The Balaban J connectivity index is 2.22. The molecule has 1 aliphatic heterocycles. The number of methoxy groups -OCH3 is 1. The van der Waals surface area contributed by atoms with E-state index in [2.05, 4.69) is 5.32 Å². The van der Waals surface area contributed by atoms with Gasteiger partial charge in [-0.1, -0.05) is 0 Å². The van der Waals surface area contributed by atoms with E-state index in [0.29, 0.717) is 37.5 Å². The molecule has 0 unspecified atom stereocenters. The zero-order chi connectivity index (χ0) is 15.5. The molecule has 116 valence electrons. The number of sulfonamides is 1. The van der Waals surface area contributed by atoms with Crippen LogP contribution in [0.2, 0.25) is 0 Å². The van der Waals surface area contributed by atoms with Gasteiger partial charge in [-0.2, -0.15) is 0 Å². The number of ether oxygens (including phenoxy) is 2. The van der Waals surface area contributed by atoms with Gasteiger partial charge in [-0.05, 0) is 31.0 Å². The molecule has 0 atom stereocenters. The maximum Gasteiger partial charge on any atom is 0.238 e. The van der Waals surface area contributed by atoms with E-state index in [1.807, 2.05) is 0 Å². The van der Waals surface area contributed by atoms with Crippen molar-refractivity contribution in [2.24, 2.45) is 11.1 Å². The first-order chi connectivity index (χ1) is 9.91. The van der Waals surface area contributed by atoms with Crippen molar-refractivity contribution in [3.8, 4) is 5.75 Å². The van der Waals surface area contributed by atoms with E-state index >= 15 is 0 Å². The van der Waals surface area contributed by atoms with Crippen molar-refractivity contribution in [2.75, 3.05) is 25.6 Å². The van der Waals surface area contributed by atoms with E-state index < -0.39 is 10.0 Å². The van der Waals surface area contributed by atoms with Gasteiger partial charge in [-0.3, -0.25) is 4.79 Å². The van der Waals surface area contributed by atoms with E-state index in [9.17, 15) is 13.2 Å². The molecule has 3 N–H and O–H groups in total. The van der Waals surface area contributed by atoms with Gasteiger partial charge in [0.05, 0.1) is 17.7 Å². The number of hydrogen-bond acceptors (Lipinski definition) is 5. The van der Waals surface area contributed by atoms with E-state index in [1.54, 1.807) is 0 Å². The molecule has 2 rings (SSSR count). The van der Waals surface area contributed by atoms with Crippen molar-refractivity contribution >= 4 is 21.6 Å². The zero-order valence-electron chi connectivity index (χ0n) is 11.7. The summed E-state index contributed by atoms with van der Waals surface area (Å²) in [6.45, 7) is 1.10. The topological polar surface area (TPSA) is 108 Å². The van der Waals surface area contributed by atoms with Gasteiger partial charge < -0.3 is 14.8 Å². The van der Waals surface area contributed by atoms with Crippen LogP contribution in [0.5, 0.6) is 5.75 Å². The molecule has 1 aliphatic rings. The quantitative estimate of drug-likeness (QED) is 0.851. The fraction of sp³-hybridized carbons (Fsp3) is 0.462. The van der Waals surface area contributed by atoms with E-state index in [4.69, 9.17) is 14.6 Å². The average Bonchev–Trinajstić information content (AvgIpc) is 2.47. The third-order valence-corrected chi connectivity index (χ3v) is 4.26. The van der Waals surface area contributed by atoms with E-state index in [1.165, 1.54) is 25.3 Å². The molecular formula is C13H18N2O5S. The van der Waals surface area contributed by atoms with Gasteiger partial charge in [0.2, 0.25) is 15.9 Å². The monoisotopic (exact) mass is 314 g/mol. The SMILES string of the molecule is COc1ccc(S(N)(=O)=O)cc1NC(=O)C1CCOCC1. The van der Waals surface area contributed by atoms with Crippen molar-refractivity contribution in [3.63, 3.8) is 0 Å². The smallest absolute Gasteiger partial charge is 0.238 e. The number of nitrogens with one attached hydrogen (secondary N) is 1. The largest absolute Gasteiger partial charge is 0.495 e. The predicted octanol–water partition coefficient (Wildman–Crippen LogP) is 0.708. The highest BCUT2D eigenvalue weighted by Crippen LogP contribution is 2.28. The molecule has 21 heavy (non-hydrogen) atoms. The summed E-state index contributed by atoms with van der Waals surface area (Å²) in [6, 6.07) is 4.09. The summed E-state index contributed by atoms with van der Waals surface area (Å²) in [5.74, 6) is 0.0487. The second-order valence-corrected chi connectivity index (χ2v) is 6.34. The molecule has 0 aliphatic carbocycles. The Morgan fingerprint density at radius 1 is 1.38 bits per heavy atom. The molecule has 1 fully saturated rings. The lowest BCUT2D eigenvalue weighted by Gasteiger charge is -2.21. The van der Waals surface area contributed by atoms with Crippen molar-refractivity contribution in [3.05, 3.63) is 18.2 Å². The van der Waals surface area contributed by atoms with Crippen LogP contribution >= 0.6 is 0 Å². The summed E-state index contributed by atoms with van der Waals surface area (Å²) < 4.78 is 33.1. The number of nitrogens with two attached hydrogens (primary N) is 1. The van der Waals surface area contributed by atoms with Crippen LogP contribution in [0.15, 0.2) is 23.1 Å². The lowest BCUT2D eigenvalue weighted by Crippen LogP contribution is -2.28. The highest BCUT2D eigenvalue weighted by atomic mass is 32.2. The predicted molar refractivity (Wildman–Crippen MR) is 76.5 cm³/mol. The van der Waals surface area contributed by atoms with Crippen LogP contribution < -0.4 is 15.2 Å². The van der Waals surface area contributed by atoms with Crippen LogP contribution in [-0.2, 0) is 19.6 Å². The maximum atomic E-state index is 12.2. The molecule has 1 heterocycles. The van der Waals surface area contributed by atoms with Crippen molar-refractivity contribution in [1.29, 1.82) is 0 Å². The molecule has 1 aromatic rings. The Morgan fingerprint density at radius 3 is 2.62 bits per heavy atom. The first kappa shape index (κ1) is 15.7. The Labute approximate surface area is 123 Å². The Bertz CT molecular complexity index is 623. The fourth-order valence-electron chi connectivity index (χ4n) is 2.16. The summed E-state index contributed by atoms with van der Waals surface area (Å²) >= 11 is 0. The number of amides is 1. The van der Waals surface area contributed by atoms with E-state index in [0.717, 1.165) is 0 Å². The number of benzene rings is 1. The van der Waals surface area contributed by atoms with Gasteiger partial charge in [0.15, 0.2) is 0 Å². The lowest BCUT2D eigenvalue weighted by atomic mass is 9.99. The minimum absolute atomic E-state index is 0.0782. The average molecular weight is 314 g/mol. The van der Waals surface area contributed by atoms with Crippen LogP contribution in [0.25, 0.3) is 0 Å². The molecule has 0 aromatic heterocycles. The van der Waals surface area contributed by atoms with Gasteiger partial charge >= 0.3 is 0 Å². The number of hydrogen-bond donors (Lipinski definition) is 2. The van der Waals surface area contributed by atoms with Gasteiger partial charge in [0.1, 0.15) is 5.75 Å². The van der Waals surface area contributed by atoms with Crippen LogP contribution in [0.1, 0.15) is 12.8 Å². The van der Waals surface area contributed by atoms with Crippen LogP contribution in [0.3, 0.4) is 0 Å². The van der Waals surface area contributed by atoms with Crippen LogP contribution in [0.4, 0.5) is 5.69 Å². The molecule has 0 saturated carbocycles. The lowest BCUT2D eigenvalue weighted by molar-refractivity contribution is -0.122. The third kappa shape index (κ3) is 3.93. The fourth-order valence-corrected chi connectivity index (χ4v) is 2.70. The Hall–Kier alpha value is -1.64. The van der Waals surface area contributed by atoms with Gasteiger partial charge in [-0.15, -0.1) is 0 Å². The molecule has 1 saturated heterocycles. The first-order valence-corrected chi connectivity index (χ1v) is 8.06. The first-order valence-electron chi connectivity index (χ1n) is 6.51.